The lowest BCUT2D eigenvalue weighted by Gasteiger charge is -2.12. The van der Waals surface area contributed by atoms with Crippen LogP contribution in [0.3, 0.4) is 0 Å². The zero-order valence-corrected chi connectivity index (χ0v) is 6.22. The van der Waals surface area contributed by atoms with E-state index >= 15 is 0 Å². The molecule has 0 amide bonds. The molecule has 0 spiro atoms. The number of nitrogens with zero attached hydrogens (tertiary/aromatic N) is 1. The Labute approximate surface area is 74.4 Å². The van der Waals surface area contributed by atoms with Gasteiger partial charge in [0.1, 0.15) is 0 Å². The topological polar surface area (TPSA) is 12.9 Å². The van der Waals surface area contributed by atoms with Crippen LogP contribution < -0.4 is 0 Å². The van der Waals surface area contributed by atoms with E-state index in [0.717, 1.165) is 0 Å². The fourth-order valence-corrected chi connectivity index (χ4v) is 0.700. The van der Waals surface area contributed by atoms with Crippen molar-refractivity contribution in [1.29, 1.82) is 0 Å². The third kappa shape index (κ3) is 2.15. The summed E-state index contributed by atoms with van der Waals surface area (Å²) >= 11 is 0. The molecule has 1 rings (SSSR count). The number of rotatable bonds is 0. The molecule has 3 radical (unpaired) electrons. The van der Waals surface area contributed by atoms with Gasteiger partial charge in [-0.3, -0.25) is 0 Å². The largest absolute Gasteiger partial charge is 0.434 e. The number of alkyl halides is 6. The highest BCUT2D eigenvalue weighted by Gasteiger charge is 2.44. The van der Waals surface area contributed by atoms with E-state index in [1.54, 1.807) is 6.07 Å². The molecular weight excluding hydrogens is 212 g/mol. The minimum absolute atomic E-state index is 1.30. The monoisotopic (exact) mass is 212 g/mol. The molecule has 0 aliphatic heterocycles. The molecule has 0 aliphatic rings. The first-order valence-electron chi connectivity index (χ1n) is 3.08. The lowest BCUT2D eigenvalue weighted by Crippen LogP contribution is -2.18. The predicted molar refractivity (Wildman–Crippen MR) is 30.7 cm³/mol. The predicted octanol–water partition coefficient (Wildman–Crippen LogP) is 2.52. The van der Waals surface area contributed by atoms with Gasteiger partial charge in [0.25, 0.3) is 0 Å². The number of pyridine rings is 1. The molecule has 0 unspecified atom stereocenters. The molecule has 1 nitrogen and oxygen atoms in total. The molecule has 14 heavy (non-hydrogen) atoms. The summed E-state index contributed by atoms with van der Waals surface area (Å²) in [6.45, 7) is 0. The van der Waals surface area contributed by atoms with E-state index in [2.05, 4.69) is 4.98 Å². The Balaban J connectivity index is 3.31. The Bertz CT molecular complexity index is 293. The quantitative estimate of drug-likeness (QED) is 0.602. The van der Waals surface area contributed by atoms with Crippen molar-refractivity contribution in [3.8, 4) is 0 Å². The van der Waals surface area contributed by atoms with Crippen LogP contribution >= 0.6 is 0 Å². The average molecular weight is 212 g/mol. The molecule has 0 saturated carbocycles. The van der Waals surface area contributed by atoms with Gasteiger partial charge in [-0.05, 0) is 0 Å². The number of hydrogen-bond acceptors (Lipinski definition) is 1. The Kier molecular flexibility index (Phi) is 2.43. The van der Waals surface area contributed by atoms with Crippen molar-refractivity contribution in [3.05, 3.63) is 29.6 Å². The van der Waals surface area contributed by atoms with Gasteiger partial charge in [0, 0.05) is 12.1 Å². The van der Waals surface area contributed by atoms with Gasteiger partial charge in [-0.15, -0.1) is 0 Å². The summed E-state index contributed by atoms with van der Waals surface area (Å²) in [7, 11) is 0. The third-order valence-electron chi connectivity index (χ3n) is 1.20. The van der Waals surface area contributed by atoms with Gasteiger partial charge in [-0.25, -0.2) is 4.98 Å². The standard InChI is InChI=1S/C7F6N/c8-6(9,10)4-2-1-3-14-5(4)7(11,12)13. The molecule has 75 valence electrons. The second kappa shape index (κ2) is 3.14. The molecule has 0 aliphatic carbocycles. The molecule has 0 fully saturated rings. The van der Waals surface area contributed by atoms with Crippen molar-refractivity contribution in [2.24, 2.45) is 0 Å². The van der Waals surface area contributed by atoms with Crippen molar-refractivity contribution in [2.45, 2.75) is 12.4 Å². The molecule has 1 heterocycles. The molecule has 1 aromatic rings. The van der Waals surface area contributed by atoms with Gasteiger partial charge in [0.05, 0.1) is 11.8 Å². The van der Waals surface area contributed by atoms with Gasteiger partial charge >= 0.3 is 12.4 Å². The van der Waals surface area contributed by atoms with Crippen LogP contribution in [0.2, 0.25) is 0 Å². The molecule has 0 bridgehead atoms. The van der Waals surface area contributed by atoms with Gasteiger partial charge in [-0.1, -0.05) is 0 Å². The normalized spacial score (nSPS) is 13.0. The van der Waals surface area contributed by atoms with Crippen LogP contribution in [0.4, 0.5) is 26.3 Å². The summed E-state index contributed by atoms with van der Waals surface area (Å²) in [5, 5.41) is 0. The van der Waals surface area contributed by atoms with E-state index in [1.807, 2.05) is 0 Å². The van der Waals surface area contributed by atoms with Crippen LogP contribution in [-0.2, 0) is 12.4 Å². The van der Waals surface area contributed by atoms with Crippen molar-refractivity contribution in [1.82, 2.24) is 4.98 Å². The average Bonchev–Trinajstić information content (AvgIpc) is 2.01. The number of halogens is 6. The molecule has 0 atom stereocenters. The first-order chi connectivity index (χ1) is 6.23. The molecule has 7 heteroatoms. The highest BCUT2D eigenvalue weighted by Crippen LogP contribution is 2.38. The minimum Gasteiger partial charge on any atom is -0.240 e. The van der Waals surface area contributed by atoms with E-state index in [9.17, 15) is 26.3 Å². The first-order valence-corrected chi connectivity index (χ1v) is 3.08. The van der Waals surface area contributed by atoms with Gasteiger partial charge in [0.15, 0.2) is 5.69 Å². The fourth-order valence-electron chi connectivity index (χ4n) is 0.700. The molecule has 1 aromatic heterocycles. The maximum absolute atomic E-state index is 12.0. The zero-order valence-electron chi connectivity index (χ0n) is 6.22. The molecular formula is C7F6N. The maximum atomic E-state index is 12.0. The van der Waals surface area contributed by atoms with Crippen molar-refractivity contribution in [3.63, 3.8) is 0 Å². The smallest absolute Gasteiger partial charge is 0.240 e. The highest BCUT2D eigenvalue weighted by molar-refractivity contribution is 5.23. The van der Waals surface area contributed by atoms with Gasteiger partial charge < -0.3 is 0 Å². The molecule has 0 aromatic carbocycles. The zero-order chi connectivity index (χ0) is 11.0. The lowest BCUT2D eigenvalue weighted by molar-refractivity contribution is -0.165. The summed E-state index contributed by atoms with van der Waals surface area (Å²) in [5.74, 6) is 0. The molecule has 0 N–H and O–H groups in total. The van der Waals surface area contributed by atoms with E-state index in [4.69, 9.17) is 0 Å². The SMILES string of the molecule is FC(F)(F)c1[c][c][c]nc1C(F)(F)F. The fraction of sp³-hybridized carbons (Fsp3) is 0.286. The van der Waals surface area contributed by atoms with E-state index in [0.29, 0.717) is 0 Å². The van der Waals surface area contributed by atoms with Gasteiger partial charge in [-0.2, -0.15) is 26.3 Å². The lowest BCUT2D eigenvalue weighted by atomic mass is 10.2. The molecule has 0 saturated heterocycles. The van der Waals surface area contributed by atoms with E-state index in [-0.39, 0.29) is 0 Å². The minimum atomic E-state index is -5.17. The third-order valence-corrected chi connectivity index (χ3v) is 1.20. The van der Waals surface area contributed by atoms with Crippen LogP contribution in [0.15, 0.2) is 0 Å². The van der Waals surface area contributed by atoms with Crippen molar-refractivity contribution >= 4 is 0 Å². The van der Waals surface area contributed by atoms with Crippen LogP contribution in [0.5, 0.6) is 0 Å². The van der Waals surface area contributed by atoms with Gasteiger partial charge in [0.2, 0.25) is 0 Å². The Morgan fingerprint density at radius 2 is 1.50 bits per heavy atom. The summed E-state index contributed by atoms with van der Waals surface area (Å²) < 4.78 is 71.8. The Morgan fingerprint density at radius 3 is 1.86 bits per heavy atom. The van der Waals surface area contributed by atoms with Crippen LogP contribution in [0, 0.1) is 18.3 Å². The van der Waals surface area contributed by atoms with Crippen LogP contribution in [0.25, 0.3) is 0 Å². The van der Waals surface area contributed by atoms with Crippen molar-refractivity contribution < 1.29 is 26.3 Å². The summed E-state index contributed by atoms with van der Waals surface area (Å²) in [6, 6.07) is 2.89. The van der Waals surface area contributed by atoms with E-state index in [1.165, 1.54) is 12.3 Å². The highest BCUT2D eigenvalue weighted by atomic mass is 19.4. The van der Waals surface area contributed by atoms with Crippen LogP contribution in [-0.4, -0.2) is 4.98 Å². The Morgan fingerprint density at radius 1 is 0.929 bits per heavy atom. The summed E-state index contributed by atoms with van der Waals surface area (Å²) in [6.07, 6.45) is -8.79. The number of hydrogen-bond donors (Lipinski definition) is 0. The van der Waals surface area contributed by atoms with Crippen molar-refractivity contribution in [2.75, 3.05) is 0 Å². The second-order valence-electron chi connectivity index (χ2n) is 2.19. The first kappa shape index (κ1) is 10.8. The second-order valence-corrected chi connectivity index (χ2v) is 2.19. The summed E-state index contributed by atoms with van der Waals surface area (Å²) in [4.78, 5) is 2.46. The summed E-state index contributed by atoms with van der Waals surface area (Å²) in [5.41, 5.74) is -4.03. The Hall–Kier alpha value is -1.27. The van der Waals surface area contributed by atoms with E-state index < -0.39 is 23.6 Å². The number of aromatic nitrogens is 1. The maximum Gasteiger partial charge on any atom is 0.434 e. The van der Waals surface area contributed by atoms with Crippen LogP contribution in [0.1, 0.15) is 11.3 Å².